The average Bonchev–Trinajstić information content (AvgIpc) is 2.17. The average molecular weight is 230 g/mol. The third-order valence-electron chi connectivity index (χ3n) is 2.14. The maximum absolute atomic E-state index is 12.7. The highest BCUT2D eigenvalue weighted by Crippen LogP contribution is 2.19. The number of carbonyl (C=O) groups excluding carboxylic acids is 1. The molecule has 0 aliphatic carbocycles. The molecule has 0 atom stereocenters. The number of halogens is 2. The van der Waals surface area contributed by atoms with E-state index in [9.17, 15) is 9.18 Å². The van der Waals surface area contributed by atoms with Gasteiger partial charge in [0.1, 0.15) is 11.7 Å². The fourth-order valence-corrected chi connectivity index (χ4v) is 1.39. The maximum Gasteiger partial charge on any atom is 0.235 e. The van der Waals surface area contributed by atoms with E-state index in [0.29, 0.717) is 0 Å². The van der Waals surface area contributed by atoms with Gasteiger partial charge in [0.2, 0.25) is 5.91 Å². The summed E-state index contributed by atoms with van der Waals surface area (Å²) in [6, 6.07) is 6.02. The van der Waals surface area contributed by atoms with Gasteiger partial charge < -0.3 is 5.32 Å². The molecule has 0 spiro atoms. The van der Waals surface area contributed by atoms with Gasteiger partial charge >= 0.3 is 0 Å². The minimum absolute atomic E-state index is 0.0787. The van der Waals surface area contributed by atoms with Crippen molar-refractivity contribution in [3.8, 4) is 0 Å². The quantitative estimate of drug-likeness (QED) is 0.793. The molecule has 1 rings (SSSR count). The minimum Gasteiger partial charge on any atom is -0.346 e. The molecule has 0 saturated heterocycles. The van der Waals surface area contributed by atoms with Gasteiger partial charge in [-0.05, 0) is 31.5 Å². The molecule has 0 heterocycles. The van der Waals surface area contributed by atoms with E-state index in [1.165, 1.54) is 12.1 Å². The molecular formula is C11H13ClFNO. The van der Waals surface area contributed by atoms with E-state index in [-0.39, 0.29) is 17.6 Å². The Morgan fingerprint density at radius 3 is 2.40 bits per heavy atom. The van der Waals surface area contributed by atoms with Gasteiger partial charge in [0.15, 0.2) is 0 Å². The predicted molar refractivity (Wildman–Crippen MR) is 58.3 cm³/mol. The van der Waals surface area contributed by atoms with Crippen molar-refractivity contribution in [1.82, 2.24) is 5.32 Å². The highest BCUT2D eigenvalue weighted by molar-refractivity contribution is 6.27. The van der Waals surface area contributed by atoms with Crippen LogP contribution >= 0.6 is 11.6 Å². The zero-order chi connectivity index (χ0) is 11.5. The summed E-state index contributed by atoms with van der Waals surface area (Å²) in [6.45, 7) is 3.68. The van der Waals surface area contributed by atoms with Crippen LogP contribution in [0.3, 0.4) is 0 Å². The van der Waals surface area contributed by atoms with Crippen LogP contribution in [0.4, 0.5) is 4.39 Å². The van der Waals surface area contributed by atoms with Crippen molar-refractivity contribution >= 4 is 17.5 Å². The molecule has 0 bridgehead atoms. The largest absolute Gasteiger partial charge is 0.346 e. The number of rotatable bonds is 3. The lowest BCUT2D eigenvalue weighted by atomic mass is 9.94. The molecule has 0 radical (unpaired) electrons. The number of benzene rings is 1. The van der Waals surface area contributed by atoms with Gasteiger partial charge in [-0.15, -0.1) is 11.6 Å². The van der Waals surface area contributed by atoms with Gasteiger partial charge in [0, 0.05) is 0 Å². The first-order chi connectivity index (χ1) is 6.95. The van der Waals surface area contributed by atoms with Crippen molar-refractivity contribution in [3.05, 3.63) is 35.6 Å². The molecule has 1 amide bonds. The normalized spacial score (nSPS) is 11.2. The first-order valence-electron chi connectivity index (χ1n) is 4.59. The zero-order valence-electron chi connectivity index (χ0n) is 8.68. The van der Waals surface area contributed by atoms with E-state index < -0.39 is 5.54 Å². The smallest absolute Gasteiger partial charge is 0.235 e. The Bertz CT molecular complexity index is 348. The molecule has 2 nitrogen and oxygen atoms in total. The summed E-state index contributed by atoms with van der Waals surface area (Å²) in [6.07, 6.45) is 0. The lowest BCUT2D eigenvalue weighted by molar-refractivity contribution is -0.120. The zero-order valence-corrected chi connectivity index (χ0v) is 9.44. The molecular weight excluding hydrogens is 217 g/mol. The van der Waals surface area contributed by atoms with Crippen LogP contribution in [0.25, 0.3) is 0 Å². The number of hydrogen-bond acceptors (Lipinski definition) is 1. The molecule has 82 valence electrons. The highest BCUT2D eigenvalue weighted by Gasteiger charge is 2.22. The molecule has 1 N–H and O–H groups in total. The van der Waals surface area contributed by atoms with E-state index in [0.717, 1.165) is 5.56 Å². The van der Waals surface area contributed by atoms with E-state index in [1.54, 1.807) is 12.1 Å². The molecule has 0 fully saturated rings. The number of nitrogens with one attached hydrogen (secondary N) is 1. The second kappa shape index (κ2) is 4.62. The van der Waals surface area contributed by atoms with E-state index in [4.69, 9.17) is 11.6 Å². The molecule has 1 aromatic carbocycles. The molecule has 0 saturated carbocycles. The second-order valence-electron chi connectivity index (χ2n) is 3.81. The van der Waals surface area contributed by atoms with Crippen LogP contribution in [0.15, 0.2) is 24.3 Å². The topological polar surface area (TPSA) is 29.1 Å². The van der Waals surface area contributed by atoms with Crippen LogP contribution in [0, 0.1) is 5.82 Å². The van der Waals surface area contributed by atoms with Gasteiger partial charge in [0.05, 0.1) is 5.54 Å². The van der Waals surface area contributed by atoms with Gasteiger partial charge in [-0.25, -0.2) is 4.39 Å². The Balaban J connectivity index is 2.85. The van der Waals surface area contributed by atoms with E-state index in [1.807, 2.05) is 13.8 Å². The Morgan fingerprint density at radius 1 is 1.40 bits per heavy atom. The predicted octanol–water partition coefficient (Wildman–Crippen LogP) is 2.42. The Morgan fingerprint density at radius 2 is 1.93 bits per heavy atom. The third kappa shape index (κ3) is 3.20. The molecule has 0 aliphatic heterocycles. The molecule has 1 aromatic rings. The van der Waals surface area contributed by atoms with Crippen LogP contribution in [0.5, 0.6) is 0 Å². The number of alkyl halides is 1. The van der Waals surface area contributed by atoms with Crippen LogP contribution in [0.2, 0.25) is 0 Å². The molecule has 4 heteroatoms. The van der Waals surface area contributed by atoms with Gasteiger partial charge in [-0.1, -0.05) is 12.1 Å². The summed E-state index contributed by atoms with van der Waals surface area (Å²) in [5, 5.41) is 2.75. The van der Waals surface area contributed by atoms with Crippen LogP contribution in [-0.4, -0.2) is 11.8 Å². The number of amides is 1. The second-order valence-corrected chi connectivity index (χ2v) is 4.08. The van der Waals surface area contributed by atoms with E-state index in [2.05, 4.69) is 5.32 Å². The van der Waals surface area contributed by atoms with Crippen molar-refractivity contribution in [2.24, 2.45) is 0 Å². The summed E-state index contributed by atoms with van der Waals surface area (Å²) in [5.41, 5.74) is 0.294. The number of carbonyl (C=O) groups is 1. The van der Waals surface area contributed by atoms with Gasteiger partial charge in [-0.3, -0.25) is 4.79 Å². The molecule has 0 aliphatic rings. The highest BCUT2D eigenvalue weighted by atomic mass is 35.5. The Hall–Kier alpha value is -1.09. The molecule has 15 heavy (non-hydrogen) atoms. The SMILES string of the molecule is CC(C)(NC(=O)CCl)c1ccc(F)cc1. The number of hydrogen-bond donors (Lipinski definition) is 1. The summed E-state index contributed by atoms with van der Waals surface area (Å²) < 4.78 is 12.7. The monoisotopic (exact) mass is 229 g/mol. The van der Waals surface area contributed by atoms with Crippen molar-refractivity contribution in [2.45, 2.75) is 19.4 Å². The lowest BCUT2D eigenvalue weighted by Crippen LogP contribution is -2.41. The van der Waals surface area contributed by atoms with Crippen LogP contribution in [-0.2, 0) is 10.3 Å². The Labute approximate surface area is 93.4 Å². The third-order valence-corrected chi connectivity index (χ3v) is 2.38. The van der Waals surface area contributed by atoms with Gasteiger partial charge in [-0.2, -0.15) is 0 Å². The minimum atomic E-state index is -0.542. The standard InChI is InChI=1S/C11H13ClFNO/c1-11(2,14-10(15)7-12)8-3-5-9(13)6-4-8/h3-6H,7H2,1-2H3,(H,14,15). The molecule has 0 unspecified atom stereocenters. The van der Waals surface area contributed by atoms with Crippen molar-refractivity contribution < 1.29 is 9.18 Å². The first kappa shape index (κ1) is 12.0. The Kier molecular flexibility index (Phi) is 3.69. The van der Waals surface area contributed by atoms with Gasteiger partial charge in [0.25, 0.3) is 0 Å². The summed E-state index contributed by atoms with van der Waals surface area (Å²) in [5.74, 6) is -0.617. The lowest BCUT2D eigenvalue weighted by Gasteiger charge is -2.26. The summed E-state index contributed by atoms with van der Waals surface area (Å²) >= 11 is 5.40. The summed E-state index contributed by atoms with van der Waals surface area (Å²) in [7, 11) is 0. The summed E-state index contributed by atoms with van der Waals surface area (Å²) in [4.78, 5) is 11.2. The van der Waals surface area contributed by atoms with Crippen LogP contribution in [0.1, 0.15) is 19.4 Å². The maximum atomic E-state index is 12.7. The van der Waals surface area contributed by atoms with Crippen LogP contribution < -0.4 is 5.32 Å². The fraction of sp³-hybridized carbons (Fsp3) is 0.364. The van der Waals surface area contributed by atoms with E-state index >= 15 is 0 Å². The first-order valence-corrected chi connectivity index (χ1v) is 5.12. The van der Waals surface area contributed by atoms with Crippen molar-refractivity contribution in [3.63, 3.8) is 0 Å². The molecule has 0 aromatic heterocycles. The van der Waals surface area contributed by atoms with Crippen molar-refractivity contribution in [1.29, 1.82) is 0 Å². The fourth-order valence-electron chi connectivity index (χ4n) is 1.32. The van der Waals surface area contributed by atoms with Crippen molar-refractivity contribution in [2.75, 3.05) is 5.88 Å².